The van der Waals surface area contributed by atoms with Crippen LogP contribution in [0.1, 0.15) is 41.8 Å². The molecular formula is C19H23NOS3. The maximum atomic E-state index is 12.7. The number of carbonyl (C=O) groups is 1. The normalized spacial score (nSPS) is 19.2. The lowest BCUT2D eigenvalue weighted by Crippen LogP contribution is -2.38. The minimum atomic E-state index is -0.0498. The van der Waals surface area contributed by atoms with Crippen molar-refractivity contribution >= 4 is 40.8 Å². The van der Waals surface area contributed by atoms with Crippen LogP contribution in [0.5, 0.6) is 0 Å². The SMILES string of the molecule is CC(C)c1ccc(C(NC(=O)C2CSCCS2)c2cccs2)cc1. The maximum absolute atomic E-state index is 12.7. The third-order valence-corrected chi connectivity index (χ3v) is 7.85. The van der Waals surface area contributed by atoms with E-state index in [0.717, 1.165) is 22.8 Å². The zero-order valence-corrected chi connectivity index (χ0v) is 16.5. The molecule has 1 aliphatic heterocycles. The van der Waals surface area contributed by atoms with Crippen LogP contribution < -0.4 is 5.32 Å². The lowest BCUT2D eigenvalue weighted by atomic mass is 9.98. The van der Waals surface area contributed by atoms with Crippen LogP contribution in [0.3, 0.4) is 0 Å². The second-order valence-corrected chi connectivity index (χ2v) is 9.65. The van der Waals surface area contributed by atoms with Crippen LogP contribution in [0.4, 0.5) is 0 Å². The standard InChI is InChI=1S/C19H23NOS3/c1-13(2)14-5-7-15(8-6-14)18(16-4-3-9-23-16)20-19(21)17-12-22-10-11-24-17/h3-9,13,17-18H,10-12H2,1-2H3,(H,20,21). The first-order chi connectivity index (χ1) is 11.6. The smallest absolute Gasteiger partial charge is 0.234 e. The van der Waals surface area contributed by atoms with E-state index >= 15 is 0 Å². The highest BCUT2D eigenvalue weighted by molar-refractivity contribution is 8.07. The van der Waals surface area contributed by atoms with E-state index in [9.17, 15) is 4.79 Å². The Balaban J connectivity index is 1.80. The zero-order valence-electron chi connectivity index (χ0n) is 14.0. The summed E-state index contributed by atoms with van der Waals surface area (Å²) in [5.41, 5.74) is 2.48. The molecule has 5 heteroatoms. The Morgan fingerprint density at radius 1 is 1.12 bits per heavy atom. The predicted octanol–water partition coefficient (Wildman–Crippen LogP) is 4.93. The average Bonchev–Trinajstić information content (AvgIpc) is 3.14. The number of thiophene rings is 1. The molecule has 0 spiro atoms. The summed E-state index contributed by atoms with van der Waals surface area (Å²) in [4.78, 5) is 13.9. The van der Waals surface area contributed by atoms with Crippen LogP contribution >= 0.6 is 34.9 Å². The van der Waals surface area contributed by atoms with Gasteiger partial charge in [-0.3, -0.25) is 4.79 Å². The molecule has 2 heterocycles. The maximum Gasteiger partial charge on any atom is 0.234 e. The van der Waals surface area contributed by atoms with Crippen molar-refractivity contribution in [3.8, 4) is 0 Å². The van der Waals surface area contributed by atoms with Crippen molar-refractivity contribution in [2.75, 3.05) is 17.3 Å². The lowest BCUT2D eigenvalue weighted by Gasteiger charge is -2.24. The summed E-state index contributed by atoms with van der Waals surface area (Å²) in [5.74, 6) is 3.82. The van der Waals surface area contributed by atoms with Gasteiger partial charge in [0.1, 0.15) is 0 Å². The molecule has 0 radical (unpaired) electrons. The second kappa shape index (κ2) is 8.45. The van der Waals surface area contributed by atoms with Crippen molar-refractivity contribution in [1.82, 2.24) is 5.32 Å². The van der Waals surface area contributed by atoms with Crippen molar-refractivity contribution in [3.05, 3.63) is 57.8 Å². The monoisotopic (exact) mass is 377 g/mol. The highest BCUT2D eigenvalue weighted by Gasteiger charge is 2.26. The Labute approximate surface area is 156 Å². The fourth-order valence-electron chi connectivity index (χ4n) is 2.72. The molecule has 0 aliphatic carbocycles. The van der Waals surface area contributed by atoms with Gasteiger partial charge in [-0.15, -0.1) is 23.1 Å². The molecule has 0 saturated carbocycles. The van der Waals surface area contributed by atoms with E-state index in [0.29, 0.717) is 5.92 Å². The Morgan fingerprint density at radius 3 is 2.46 bits per heavy atom. The van der Waals surface area contributed by atoms with E-state index in [4.69, 9.17) is 0 Å². The second-order valence-electron chi connectivity index (χ2n) is 6.21. The lowest BCUT2D eigenvalue weighted by molar-refractivity contribution is -0.120. The van der Waals surface area contributed by atoms with Crippen LogP contribution in [-0.4, -0.2) is 28.4 Å². The largest absolute Gasteiger partial charge is 0.343 e. The fraction of sp³-hybridized carbons (Fsp3) is 0.421. The third-order valence-electron chi connectivity index (χ3n) is 4.16. The van der Waals surface area contributed by atoms with Gasteiger partial charge in [-0.1, -0.05) is 44.2 Å². The van der Waals surface area contributed by atoms with Gasteiger partial charge in [-0.2, -0.15) is 11.8 Å². The molecule has 2 unspecified atom stereocenters. The number of hydrogen-bond acceptors (Lipinski definition) is 4. The quantitative estimate of drug-likeness (QED) is 0.801. The summed E-state index contributed by atoms with van der Waals surface area (Å²) >= 11 is 5.36. The molecule has 128 valence electrons. The first kappa shape index (κ1) is 17.9. The molecule has 3 rings (SSSR count). The highest BCUT2D eigenvalue weighted by Crippen LogP contribution is 2.29. The van der Waals surface area contributed by atoms with E-state index in [2.05, 4.69) is 54.9 Å². The van der Waals surface area contributed by atoms with Crippen LogP contribution in [0.2, 0.25) is 0 Å². The van der Waals surface area contributed by atoms with Gasteiger partial charge in [0, 0.05) is 22.1 Å². The summed E-state index contributed by atoms with van der Waals surface area (Å²) in [7, 11) is 0. The van der Waals surface area contributed by atoms with Gasteiger partial charge in [0.25, 0.3) is 0 Å². The van der Waals surface area contributed by atoms with Gasteiger partial charge in [0.15, 0.2) is 0 Å². The first-order valence-electron chi connectivity index (χ1n) is 8.28. The van der Waals surface area contributed by atoms with Crippen molar-refractivity contribution in [3.63, 3.8) is 0 Å². The van der Waals surface area contributed by atoms with Gasteiger partial charge >= 0.3 is 0 Å². The average molecular weight is 378 g/mol. The Hall–Kier alpha value is -0.910. The van der Waals surface area contributed by atoms with Crippen LogP contribution in [0.15, 0.2) is 41.8 Å². The van der Waals surface area contributed by atoms with Gasteiger partial charge < -0.3 is 5.32 Å². The molecule has 1 aliphatic rings. The van der Waals surface area contributed by atoms with Gasteiger partial charge in [0.05, 0.1) is 11.3 Å². The molecule has 1 saturated heterocycles. The fourth-order valence-corrected chi connectivity index (χ4v) is 6.09. The molecule has 1 fully saturated rings. The zero-order chi connectivity index (χ0) is 16.9. The number of benzene rings is 1. The van der Waals surface area contributed by atoms with E-state index in [1.807, 2.05) is 17.8 Å². The molecule has 2 nitrogen and oxygen atoms in total. The topological polar surface area (TPSA) is 29.1 Å². The van der Waals surface area contributed by atoms with E-state index in [-0.39, 0.29) is 17.2 Å². The highest BCUT2D eigenvalue weighted by atomic mass is 32.2. The summed E-state index contributed by atoms with van der Waals surface area (Å²) in [6.45, 7) is 4.40. The van der Waals surface area contributed by atoms with Crippen LogP contribution in [0, 0.1) is 0 Å². The van der Waals surface area contributed by atoms with Gasteiger partial charge in [-0.25, -0.2) is 0 Å². The molecule has 24 heavy (non-hydrogen) atoms. The number of rotatable bonds is 5. The summed E-state index contributed by atoms with van der Waals surface area (Å²) in [6, 6.07) is 12.8. The van der Waals surface area contributed by atoms with Crippen molar-refractivity contribution in [2.24, 2.45) is 0 Å². The van der Waals surface area contributed by atoms with Crippen molar-refractivity contribution in [1.29, 1.82) is 0 Å². The van der Waals surface area contributed by atoms with Gasteiger partial charge in [-0.05, 0) is 28.5 Å². The number of hydrogen-bond donors (Lipinski definition) is 1. The minimum absolute atomic E-state index is 0.0498. The van der Waals surface area contributed by atoms with Gasteiger partial charge in [0.2, 0.25) is 5.91 Å². The van der Waals surface area contributed by atoms with Crippen LogP contribution in [-0.2, 0) is 4.79 Å². The molecule has 0 bridgehead atoms. The molecule has 1 aromatic heterocycles. The molecule has 1 amide bonds. The molecule has 1 aromatic carbocycles. The predicted molar refractivity (Wildman–Crippen MR) is 108 cm³/mol. The minimum Gasteiger partial charge on any atom is -0.343 e. The molecular weight excluding hydrogens is 354 g/mol. The Morgan fingerprint density at radius 2 is 1.88 bits per heavy atom. The van der Waals surface area contributed by atoms with E-state index < -0.39 is 0 Å². The van der Waals surface area contributed by atoms with Crippen molar-refractivity contribution in [2.45, 2.75) is 31.1 Å². The Kier molecular flexibility index (Phi) is 6.31. The third kappa shape index (κ3) is 4.38. The van der Waals surface area contributed by atoms with Crippen LogP contribution in [0.25, 0.3) is 0 Å². The molecule has 1 N–H and O–H groups in total. The number of carbonyl (C=O) groups excluding carboxylic acids is 1. The van der Waals surface area contributed by atoms with Crippen molar-refractivity contribution < 1.29 is 4.79 Å². The summed E-state index contributed by atoms with van der Waals surface area (Å²) < 4.78 is 0. The molecule has 2 aromatic rings. The number of amides is 1. The number of thioether (sulfide) groups is 2. The Bertz CT molecular complexity index is 646. The molecule has 2 atom stereocenters. The summed E-state index contributed by atoms with van der Waals surface area (Å²) in [5, 5.41) is 5.43. The number of nitrogens with one attached hydrogen (secondary N) is 1. The first-order valence-corrected chi connectivity index (χ1v) is 11.4. The summed E-state index contributed by atoms with van der Waals surface area (Å²) in [6.07, 6.45) is 0. The van der Waals surface area contributed by atoms with E-state index in [1.54, 1.807) is 23.1 Å². The van der Waals surface area contributed by atoms with E-state index in [1.165, 1.54) is 10.4 Å².